The van der Waals surface area contributed by atoms with Crippen molar-refractivity contribution in [2.45, 2.75) is 13.8 Å². The van der Waals surface area contributed by atoms with Gasteiger partial charge in [0.15, 0.2) is 0 Å². The summed E-state index contributed by atoms with van der Waals surface area (Å²) in [7, 11) is 0. The molecular weight excluding hydrogens is 452 g/mol. The number of carbonyl (C=O) groups is 1. The molecule has 0 bridgehead atoms. The Morgan fingerprint density at radius 3 is 2.59 bits per heavy atom. The number of benzene rings is 2. The zero-order valence-corrected chi connectivity index (χ0v) is 19.1. The molecule has 0 atom stereocenters. The van der Waals surface area contributed by atoms with Gasteiger partial charge in [0.1, 0.15) is 28.6 Å². The molecule has 0 aliphatic rings. The molecule has 7 nitrogen and oxygen atoms in total. The number of pyridine rings is 1. The molecule has 0 aliphatic heterocycles. The van der Waals surface area contributed by atoms with Crippen LogP contribution in [0, 0.1) is 25.2 Å². The third-order valence-corrected chi connectivity index (χ3v) is 5.12. The first-order valence-electron chi connectivity index (χ1n) is 10.3. The predicted molar refractivity (Wildman–Crippen MR) is 131 cm³/mol. The number of ether oxygens (including phenoxy) is 1. The lowest BCUT2D eigenvalue weighted by Gasteiger charge is -2.11. The van der Waals surface area contributed by atoms with Gasteiger partial charge in [-0.3, -0.25) is 14.0 Å². The molecule has 4 aromatic rings. The summed E-state index contributed by atoms with van der Waals surface area (Å²) in [6, 6.07) is 19.1. The van der Waals surface area contributed by atoms with Crippen LogP contribution in [0.3, 0.4) is 0 Å². The molecule has 2 aromatic carbocycles. The maximum atomic E-state index is 13.3. The molecule has 34 heavy (non-hydrogen) atoms. The minimum Gasteiger partial charge on any atom is -0.438 e. The topological polar surface area (TPSA) is 96.5 Å². The van der Waals surface area contributed by atoms with E-state index in [9.17, 15) is 14.9 Å². The lowest BCUT2D eigenvalue weighted by molar-refractivity contribution is -0.112. The van der Waals surface area contributed by atoms with Crippen molar-refractivity contribution in [3.63, 3.8) is 0 Å². The van der Waals surface area contributed by atoms with E-state index in [0.29, 0.717) is 22.1 Å². The highest BCUT2D eigenvalue weighted by atomic mass is 35.5. The van der Waals surface area contributed by atoms with Gasteiger partial charge in [0.25, 0.3) is 11.5 Å². The van der Waals surface area contributed by atoms with E-state index in [2.05, 4.69) is 10.3 Å². The number of aromatic nitrogens is 2. The lowest BCUT2D eigenvalue weighted by atomic mass is 10.1. The Balaban J connectivity index is 1.82. The van der Waals surface area contributed by atoms with Crippen LogP contribution >= 0.6 is 11.6 Å². The van der Waals surface area contributed by atoms with E-state index < -0.39 is 11.5 Å². The molecule has 168 valence electrons. The molecule has 0 unspecified atom stereocenters. The zero-order valence-electron chi connectivity index (χ0n) is 18.4. The van der Waals surface area contributed by atoms with E-state index >= 15 is 0 Å². The lowest BCUT2D eigenvalue weighted by Crippen LogP contribution is -2.20. The van der Waals surface area contributed by atoms with Crippen molar-refractivity contribution < 1.29 is 9.53 Å². The van der Waals surface area contributed by atoms with Crippen molar-refractivity contribution in [2.24, 2.45) is 0 Å². The van der Waals surface area contributed by atoms with Crippen LogP contribution in [0.4, 0.5) is 5.69 Å². The van der Waals surface area contributed by atoms with Gasteiger partial charge in [-0.2, -0.15) is 10.2 Å². The molecule has 0 fully saturated rings. The standard InChI is InChI=1S/C26H19ClN4O3/c1-16-10-17(2)12-21(11-16)34-25-22(26(33)31-9-4-3-8-23(31)30-25)13-18(15-28)24(32)29-20-7-5-6-19(27)14-20/h3-14H,1-2H3,(H,29,32)/b18-13-. The van der Waals surface area contributed by atoms with E-state index in [1.165, 1.54) is 10.5 Å². The van der Waals surface area contributed by atoms with Crippen LogP contribution in [0.5, 0.6) is 11.6 Å². The molecule has 1 N–H and O–H groups in total. The molecule has 1 amide bonds. The van der Waals surface area contributed by atoms with E-state index in [-0.39, 0.29) is 17.0 Å². The van der Waals surface area contributed by atoms with Gasteiger partial charge >= 0.3 is 0 Å². The van der Waals surface area contributed by atoms with Gasteiger partial charge in [0.05, 0.1) is 0 Å². The van der Waals surface area contributed by atoms with Crippen LogP contribution < -0.4 is 15.6 Å². The number of fused-ring (bicyclic) bond motifs is 1. The second kappa shape index (κ2) is 9.61. The molecule has 4 rings (SSSR count). The molecule has 0 aliphatic carbocycles. The van der Waals surface area contributed by atoms with Gasteiger partial charge in [0, 0.05) is 16.9 Å². The molecule has 2 heterocycles. The van der Waals surface area contributed by atoms with Crippen LogP contribution in [0.25, 0.3) is 11.7 Å². The fourth-order valence-corrected chi connectivity index (χ4v) is 3.64. The first-order valence-corrected chi connectivity index (χ1v) is 10.7. The van der Waals surface area contributed by atoms with Gasteiger partial charge in [-0.1, -0.05) is 29.8 Å². The Bertz CT molecular complexity index is 1530. The Kier molecular flexibility index (Phi) is 6.44. The number of hydrogen-bond donors (Lipinski definition) is 1. The highest BCUT2D eigenvalue weighted by molar-refractivity contribution is 6.31. The molecular formula is C26H19ClN4O3. The Hall–Kier alpha value is -4.41. The third-order valence-electron chi connectivity index (χ3n) is 4.88. The largest absolute Gasteiger partial charge is 0.438 e. The fraction of sp³-hybridized carbons (Fsp3) is 0.0769. The van der Waals surface area contributed by atoms with Crippen molar-refractivity contribution in [1.29, 1.82) is 5.26 Å². The highest BCUT2D eigenvalue weighted by Crippen LogP contribution is 2.26. The molecule has 2 aromatic heterocycles. The summed E-state index contributed by atoms with van der Waals surface area (Å²) in [6.07, 6.45) is 2.74. The smallest absolute Gasteiger partial charge is 0.269 e. The van der Waals surface area contributed by atoms with Crippen LogP contribution in [-0.2, 0) is 4.79 Å². The number of nitriles is 1. The number of rotatable bonds is 5. The summed E-state index contributed by atoms with van der Waals surface area (Å²) < 4.78 is 7.32. The number of hydrogen-bond acceptors (Lipinski definition) is 5. The number of nitrogens with zero attached hydrogens (tertiary/aromatic N) is 3. The van der Waals surface area contributed by atoms with E-state index in [0.717, 1.165) is 11.1 Å². The molecule has 0 saturated carbocycles. The summed E-state index contributed by atoms with van der Waals surface area (Å²) in [6.45, 7) is 3.86. The number of anilines is 1. The quantitative estimate of drug-likeness (QED) is 0.315. The average molecular weight is 471 g/mol. The summed E-state index contributed by atoms with van der Waals surface area (Å²) >= 11 is 5.97. The minimum absolute atomic E-state index is 0.00972. The Labute approximate surface area is 200 Å². The Morgan fingerprint density at radius 1 is 1.12 bits per heavy atom. The van der Waals surface area contributed by atoms with Gasteiger partial charge in [0.2, 0.25) is 5.88 Å². The zero-order chi connectivity index (χ0) is 24.2. The summed E-state index contributed by atoms with van der Waals surface area (Å²) in [5.41, 5.74) is 1.94. The van der Waals surface area contributed by atoms with Gasteiger partial charge in [-0.05, 0) is 73.5 Å². The minimum atomic E-state index is -0.695. The summed E-state index contributed by atoms with van der Waals surface area (Å²) in [4.78, 5) is 30.5. The maximum absolute atomic E-state index is 13.3. The monoisotopic (exact) mass is 470 g/mol. The van der Waals surface area contributed by atoms with Crippen molar-refractivity contribution in [3.8, 4) is 17.7 Å². The third kappa shape index (κ3) is 4.98. The van der Waals surface area contributed by atoms with E-state index in [1.807, 2.05) is 38.1 Å². The van der Waals surface area contributed by atoms with Crippen LogP contribution in [0.15, 0.2) is 77.2 Å². The van der Waals surface area contributed by atoms with Crippen LogP contribution in [-0.4, -0.2) is 15.3 Å². The van der Waals surface area contributed by atoms with Crippen molar-refractivity contribution in [1.82, 2.24) is 9.38 Å². The predicted octanol–water partition coefficient (Wildman–Crippen LogP) is 5.30. The summed E-state index contributed by atoms with van der Waals surface area (Å²) in [5.74, 6) is -0.217. The van der Waals surface area contributed by atoms with Gasteiger partial charge < -0.3 is 10.1 Å². The fourth-order valence-electron chi connectivity index (χ4n) is 3.44. The number of amides is 1. The Morgan fingerprint density at radius 2 is 1.88 bits per heavy atom. The average Bonchev–Trinajstić information content (AvgIpc) is 2.78. The second-order valence-corrected chi connectivity index (χ2v) is 8.06. The number of nitrogens with one attached hydrogen (secondary N) is 1. The van der Waals surface area contributed by atoms with E-state index in [1.54, 1.807) is 48.7 Å². The van der Waals surface area contributed by atoms with Crippen molar-refractivity contribution in [3.05, 3.63) is 105 Å². The van der Waals surface area contributed by atoms with Crippen molar-refractivity contribution in [2.75, 3.05) is 5.32 Å². The van der Waals surface area contributed by atoms with Crippen LogP contribution in [0.2, 0.25) is 5.02 Å². The van der Waals surface area contributed by atoms with E-state index in [4.69, 9.17) is 16.3 Å². The maximum Gasteiger partial charge on any atom is 0.269 e. The normalized spacial score (nSPS) is 11.2. The second-order valence-electron chi connectivity index (χ2n) is 7.62. The SMILES string of the molecule is Cc1cc(C)cc(Oc2nc3ccccn3c(=O)c2/C=C(/C#N)C(=O)Nc2cccc(Cl)c2)c1. The van der Waals surface area contributed by atoms with Crippen molar-refractivity contribution >= 4 is 34.9 Å². The highest BCUT2D eigenvalue weighted by Gasteiger charge is 2.18. The molecule has 0 radical (unpaired) electrons. The molecule has 0 saturated heterocycles. The first-order chi connectivity index (χ1) is 16.3. The number of halogens is 1. The molecule has 8 heteroatoms. The molecule has 0 spiro atoms. The summed E-state index contributed by atoms with van der Waals surface area (Å²) in [5, 5.41) is 12.7. The first kappa shape index (κ1) is 22.8. The van der Waals surface area contributed by atoms with Gasteiger partial charge in [-0.15, -0.1) is 0 Å². The number of aryl methyl sites for hydroxylation is 2. The van der Waals surface area contributed by atoms with Gasteiger partial charge in [-0.25, -0.2) is 0 Å². The number of carbonyl (C=O) groups excluding carboxylic acids is 1. The van der Waals surface area contributed by atoms with Crippen LogP contribution in [0.1, 0.15) is 16.7 Å².